The zero-order chi connectivity index (χ0) is 18.5. The lowest BCUT2D eigenvalue weighted by molar-refractivity contribution is -0.904. The van der Waals surface area contributed by atoms with Crippen LogP contribution < -0.4 is 10.2 Å². The largest absolute Gasteiger partial charge is 0.500 e. The Labute approximate surface area is 153 Å². The van der Waals surface area contributed by atoms with Crippen LogP contribution in [-0.2, 0) is 18.0 Å². The fourth-order valence-electron chi connectivity index (χ4n) is 3.05. The number of piperazine rings is 1. The van der Waals surface area contributed by atoms with Gasteiger partial charge in [-0.25, -0.2) is 4.79 Å². The number of hydrogen-bond acceptors (Lipinski definition) is 6. The summed E-state index contributed by atoms with van der Waals surface area (Å²) in [5.74, 6) is 0. The number of quaternary nitrogens is 1. The third-order valence-electron chi connectivity index (χ3n) is 4.65. The second-order valence-corrected chi connectivity index (χ2v) is 9.39. The first-order valence-corrected chi connectivity index (χ1v) is 11.1. The molecular weight excluding hydrogens is 342 g/mol. The topological polar surface area (TPSA) is 73.7 Å². The highest BCUT2D eigenvalue weighted by atomic mass is 28.4. The molecule has 1 saturated heterocycles. The molecule has 0 saturated carbocycles. The summed E-state index contributed by atoms with van der Waals surface area (Å²) in [5, 5.41) is 2.77. The van der Waals surface area contributed by atoms with E-state index in [1.54, 1.807) is 21.3 Å². The van der Waals surface area contributed by atoms with Crippen LogP contribution in [0.2, 0.25) is 6.04 Å². The Morgan fingerprint density at radius 2 is 1.80 bits per heavy atom. The molecule has 1 heterocycles. The molecule has 0 aliphatic carbocycles. The van der Waals surface area contributed by atoms with E-state index in [-0.39, 0.29) is 6.09 Å². The molecule has 2 N–H and O–H groups in total. The molecule has 0 aromatic heterocycles. The molecule has 0 unspecified atom stereocenters. The SMILES string of the molecule is CCCN1CC[NH+](CCOC(=O)NCCC[Si](OC)(OC)OC)CC1. The van der Waals surface area contributed by atoms with Gasteiger partial charge in [0.25, 0.3) is 0 Å². The van der Waals surface area contributed by atoms with Crippen molar-refractivity contribution >= 4 is 14.9 Å². The lowest BCUT2D eigenvalue weighted by atomic mass is 10.3. The van der Waals surface area contributed by atoms with Gasteiger partial charge in [-0.1, -0.05) is 6.92 Å². The van der Waals surface area contributed by atoms with Gasteiger partial charge in [-0.2, -0.15) is 0 Å². The van der Waals surface area contributed by atoms with Crippen LogP contribution in [0.3, 0.4) is 0 Å². The normalized spacial score (nSPS) is 16.8. The van der Waals surface area contributed by atoms with Crippen molar-refractivity contribution in [2.75, 3.05) is 73.7 Å². The van der Waals surface area contributed by atoms with Crippen LogP contribution in [0.4, 0.5) is 4.79 Å². The fourth-order valence-corrected chi connectivity index (χ4v) is 4.77. The van der Waals surface area contributed by atoms with Gasteiger partial charge in [0.15, 0.2) is 0 Å². The van der Waals surface area contributed by atoms with Crippen molar-refractivity contribution in [2.45, 2.75) is 25.8 Å². The molecule has 1 amide bonds. The van der Waals surface area contributed by atoms with Crippen molar-refractivity contribution in [3.8, 4) is 0 Å². The zero-order valence-corrected chi connectivity index (χ0v) is 17.3. The first-order chi connectivity index (χ1) is 12.1. The summed E-state index contributed by atoms with van der Waals surface area (Å²) in [5.41, 5.74) is 0. The molecule has 148 valence electrons. The van der Waals surface area contributed by atoms with Crippen molar-refractivity contribution in [3.05, 3.63) is 0 Å². The zero-order valence-electron chi connectivity index (χ0n) is 16.3. The molecule has 0 aromatic rings. The fraction of sp³-hybridized carbons (Fsp3) is 0.938. The van der Waals surface area contributed by atoms with E-state index in [4.69, 9.17) is 18.0 Å². The van der Waals surface area contributed by atoms with Crippen molar-refractivity contribution in [3.63, 3.8) is 0 Å². The number of nitrogens with one attached hydrogen (secondary N) is 2. The monoisotopic (exact) mass is 378 g/mol. The molecule has 1 aliphatic rings. The average molecular weight is 379 g/mol. The van der Waals surface area contributed by atoms with Gasteiger partial charge in [0.2, 0.25) is 0 Å². The Balaban J connectivity index is 2.06. The van der Waals surface area contributed by atoms with Gasteiger partial charge in [0.05, 0.1) is 13.1 Å². The van der Waals surface area contributed by atoms with Crippen molar-refractivity contribution in [1.82, 2.24) is 10.2 Å². The van der Waals surface area contributed by atoms with E-state index in [0.717, 1.165) is 39.1 Å². The van der Waals surface area contributed by atoms with E-state index < -0.39 is 8.80 Å². The van der Waals surface area contributed by atoms with Gasteiger partial charge in [-0.3, -0.25) is 4.90 Å². The summed E-state index contributed by atoms with van der Waals surface area (Å²) in [4.78, 5) is 15.7. The molecule has 8 nitrogen and oxygen atoms in total. The standard InChI is InChI=1S/C16H35N3O5Si/c1-5-8-18-9-11-19(12-10-18)13-14-24-16(20)17-7-6-15-25(21-2,22-3)23-4/h5-15H2,1-4H3,(H,17,20)/p+1. The Hall–Kier alpha value is -0.713. The minimum atomic E-state index is -2.55. The lowest BCUT2D eigenvalue weighted by Gasteiger charge is -2.31. The summed E-state index contributed by atoms with van der Waals surface area (Å²) in [6.07, 6.45) is 1.58. The molecule has 1 rings (SSSR count). The van der Waals surface area contributed by atoms with E-state index in [1.807, 2.05) is 0 Å². The average Bonchev–Trinajstić information content (AvgIpc) is 2.64. The molecule has 0 aromatic carbocycles. The first-order valence-electron chi connectivity index (χ1n) is 9.21. The predicted molar refractivity (Wildman–Crippen MR) is 97.9 cm³/mol. The van der Waals surface area contributed by atoms with Gasteiger partial charge in [0.1, 0.15) is 13.2 Å². The second-order valence-electron chi connectivity index (χ2n) is 6.30. The van der Waals surface area contributed by atoms with E-state index in [2.05, 4.69) is 17.1 Å². The Morgan fingerprint density at radius 1 is 1.16 bits per heavy atom. The molecule has 0 spiro atoms. The third kappa shape index (κ3) is 8.47. The minimum absolute atomic E-state index is 0.358. The number of amides is 1. The number of ether oxygens (including phenoxy) is 1. The summed E-state index contributed by atoms with van der Waals surface area (Å²) in [6.45, 7) is 9.79. The molecule has 1 fully saturated rings. The van der Waals surface area contributed by atoms with Gasteiger partial charge in [-0.05, 0) is 19.4 Å². The number of carbonyl (C=O) groups excluding carboxylic acids is 1. The number of nitrogens with zero attached hydrogens (tertiary/aromatic N) is 1. The van der Waals surface area contributed by atoms with Crippen molar-refractivity contribution in [2.24, 2.45) is 0 Å². The Morgan fingerprint density at radius 3 is 2.36 bits per heavy atom. The number of hydrogen-bond donors (Lipinski definition) is 2. The molecule has 25 heavy (non-hydrogen) atoms. The maximum Gasteiger partial charge on any atom is 0.500 e. The van der Waals surface area contributed by atoms with Gasteiger partial charge < -0.3 is 28.2 Å². The summed E-state index contributed by atoms with van der Waals surface area (Å²) < 4.78 is 21.3. The molecule has 9 heteroatoms. The number of alkyl carbamates (subject to hydrolysis) is 1. The maximum absolute atomic E-state index is 11.7. The van der Waals surface area contributed by atoms with E-state index in [9.17, 15) is 4.79 Å². The maximum atomic E-state index is 11.7. The van der Waals surface area contributed by atoms with Gasteiger partial charge in [-0.15, -0.1) is 0 Å². The highest BCUT2D eigenvalue weighted by Crippen LogP contribution is 2.14. The molecule has 0 bridgehead atoms. The highest BCUT2D eigenvalue weighted by Gasteiger charge is 2.36. The Kier molecular flexibility index (Phi) is 11.3. The van der Waals surface area contributed by atoms with E-state index in [1.165, 1.54) is 17.9 Å². The minimum Gasteiger partial charge on any atom is -0.444 e. The smallest absolute Gasteiger partial charge is 0.444 e. The van der Waals surface area contributed by atoms with E-state index in [0.29, 0.717) is 19.2 Å². The number of rotatable bonds is 12. The predicted octanol–water partition coefficient (Wildman–Crippen LogP) is -0.409. The molecule has 1 aliphatic heterocycles. The van der Waals surface area contributed by atoms with E-state index >= 15 is 0 Å². The first kappa shape index (κ1) is 22.3. The van der Waals surface area contributed by atoms with Crippen molar-refractivity contribution in [1.29, 1.82) is 0 Å². The van der Waals surface area contributed by atoms with Crippen LogP contribution in [0.5, 0.6) is 0 Å². The van der Waals surface area contributed by atoms with Crippen LogP contribution in [0.1, 0.15) is 19.8 Å². The summed E-state index contributed by atoms with van der Waals surface area (Å²) in [7, 11) is 2.22. The lowest BCUT2D eigenvalue weighted by Crippen LogP contribution is -3.15. The van der Waals surface area contributed by atoms with Crippen LogP contribution in [-0.4, -0.2) is 93.5 Å². The quantitative estimate of drug-likeness (QED) is 0.355. The van der Waals surface area contributed by atoms with Crippen LogP contribution >= 0.6 is 0 Å². The van der Waals surface area contributed by atoms with Gasteiger partial charge >= 0.3 is 14.9 Å². The highest BCUT2D eigenvalue weighted by molar-refractivity contribution is 6.60. The van der Waals surface area contributed by atoms with Crippen molar-refractivity contribution < 1.29 is 27.7 Å². The third-order valence-corrected chi connectivity index (χ3v) is 7.49. The van der Waals surface area contributed by atoms with Crippen LogP contribution in [0.25, 0.3) is 0 Å². The summed E-state index contributed by atoms with van der Waals surface area (Å²) >= 11 is 0. The second kappa shape index (κ2) is 12.6. The summed E-state index contributed by atoms with van der Waals surface area (Å²) in [6, 6.07) is 0.656. The molecule has 0 radical (unpaired) electrons. The molecule has 0 atom stereocenters. The van der Waals surface area contributed by atoms with Gasteiger partial charge in [0, 0.05) is 47.0 Å². The number of carbonyl (C=O) groups is 1. The van der Waals surface area contributed by atoms with Crippen LogP contribution in [0, 0.1) is 0 Å². The Bertz CT molecular complexity index is 355. The molecular formula is C16H36N3O5Si+. The van der Waals surface area contributed by atoms with Crippen LogP contribution in [0.15, 0.2) is 0 Å².